The highest BCUT2D eigenvalue weighted by atomic mass is 16.5. The number of nitrogens with zero attached hydrogens (tertiary/aromatic N) is 3. The van der Waals surface area contributed by atoms with Gasteiger partial charge in [0, 0.05) is 36.7 Å². The normalized spacial score (nSPS) is 11.1. The minimum atomic E-state index is 0.611. The van der Waals surface area contributed by atoms with Crippen molar-refractivity contribution < 1.29 is 14.2 Å². The lowest BCUT2D eigenvalue weighted by atomic mass is 10.1. The van der Waals surface area contributed by atoms with E-state index in [-0.39, 0.29) is 0 Å². The van der Waals surface area contributed by atoms with Gasteiger partial charge in [-0.15, -0.1) is 0 Å². The Kier molecular flexibility index (Phi) is 7.28. The topological polar surface area (TPSA) is 56.7 Å². The molecule has 0 aliphatic heterocycles. The van der Waals surface area contributed by atoms with Crippen molar-refractivity contribution in [1.29, 1.82) is 0 Å². The Balaban J connectivity index is 1.69. The predicted molar refractivity (Wildman–Crippen MR) is 138 cm³/mol. The first-order valence-electron chi connectivity index (χ1n) is 11.1. The van der Waals surface area contributed by atoms with Gasteiger partial charge in [0.2, 0.25) is 0 Å². The van der Waals surface area contributed by atoms with Crippen LogP contribution in [0.15, 0.2) is 66.7 Å². The van der Waals surface area contributed by atoms with Crippen LogP contribution in [0.4, 0.5) is 5.82 Å². The molecule has 3 aromatic carbocycles. The van der Waals surface area contributed by atoms with E-state index in [4.69, 9.17) is 24.2 Å². The molecule has 1 aromatic heterocycles. The second-order valence-electron chi connectivity index (χ2n) is 7.89. The zero-order valence-electron chi connectivity index (χ0n) is 20.0. The van der Waals surface area contributed by atoms with E-state index in [1.54, 1.807) is 21.3 Å². The summed E-state index contributed by atoms with van der Waals surface area (Å²) in [4.78, 5) is 11.8. The summed E-state index contributed by atoms with van der Waals surface area (Å²) in [6.07, 6.45) is 4.78. The van der Waals surface area contributed by atoms with Gasteiger partial charge in [-0.05, 0) is 48.4 Å². The summed E-state index contributed by atoms with van der Waals surface area (Å²) in [7, 11) is 7.00. The van der Waals surface area contributed by atoms with Crippen LogP contribution in [0.5, 0.6) is 17.2 Å². The number of rotatable bonds is 9. The maximum absolute atomic E-state index is 5.52. The van der Waals surface area contributed by atoms with Crippen molar-refractivity contribution >= 4 is 28.9 Å². The molecule has 0 spiro atoms. The standard InChI is InChI=1S/C28H29N3O3/c1-31(17-16-20-8-6-5-7-9-20)28-24-14-13-22(32-2)18-25(24)29-27(30-28)15-11-21-10-12-23(33-3)19-26(21)34-4/h5-15,18-19H,16-17H2,1-4H3/b15-11+. The molecule has 0 aliphatic carbocycles. The number of hydrogen-bond acceptors (Lipinski definition) is 6. The minimum Gasteiger partial charge on any atom is -0.497 e. The fourth-order valence-electron chi connectivity index (χ4n) is 3.77. The predicted octanol–water partition coefficient (Wildman–Crippen LogP) is 5.50. The van der Waals surface area contributed by atoms with Crippen LogP contribution in [-0.2, 0) is 6.42 Å². The molecule has 0 aliphatic rings. The third-order valence-electron chi connectivity index (χ3n) is 5.69. The van der Waals surface area contributed by atoms with E-state index in [9.17, 15) is 0 Å². The van der Waals surface area contributed by atoms with Crippen molar-refractivity contribution in [3.05, 3.63) is 83.7 Å². The summed E-state index contributed by atoms with van der Waals surface area (Å²) in [5, 5.41) is 0.982. The number of benzene rings is 3. The fourth-order valence-corrected chi connectivity index (χ4v) is 3.77. The molecule has 174 valence electrons. The second kappa shape index (κ2) is 10.7. The molecule has 0 atom stereocenters. The molecule has 0 fully saturated rings. The van der Waals surface area contributed by atoms with E-state index in [1.165, 1.54) is 5.56 Å². The minimum absolute atomic E-state index is 0.611. The van der Waals surface area contributed by atoms with Gasteiger partial charge in [-0.2, -0.15) is 0 Å². The van der Waals surface area contributed by atoms with E-state index in [2.05, 4.69) is 36.2 Å². The van der Waals surface area contributed by atoms with Crippen LogP contribution in [0, 0.1) is 0 Å². The zero-order chi connectivity index (χ0) is 23.9. The molecule has 0 saturated carbocycles. The number of anilines is 1. The highest BCUT2D eigenvalue weighted by Crippen LogP contribution is 2.29. The first kappa shape index (κ1) is 23.1. The maximum Gasteiger partial charge on any atom is 0.154 e. The first-order chi connectivity index (χ1) is 16.6. The number of ether oxygens (including phenoxy) is 3. The van der Waals surface area contributed by atoms with Crippen LogP contribution < -0.4 is 19.1 Å². The molecule has 0 unspecified atom stereocenters. The summed E-state index contributed by atoms with van der Waals surface area (Å²) < 4.78 is 16.2. The third kappa shape index (κ3) is 5.29. The molecular weight excluding hydrogens is 426 g/mol. The molecule has 0 radical (unpaired) electrons. The van der Waals surface area contributed by atoms with Gasteiger partial charge in [0.05, 0.1) is 26.8 Å². The Morgan fingerprint density at radius 2 is 1.53 bits per heavy atom. The Morgan fingerprint density at radius 1 is 0.794 bits per heavy atom. The summed E-state index contributed by atoms with van der Waals surface area (Å²) in [6.45, 7) is 0.831. The second-order valence-corrected chi connectivity index (χ2v) is 7.89. The lowest BCUT2D eigenvalue weighted by molar-refractivity contribution is 0.394. The quantitative estimate of drug-likeness (QED) is 0.332. The molecular formula is C28H29N3O3. The van der Waals surface area contributed by atoms with Crippen molar-refractivity contribution in [3.8, 4) is 17.2 Å². The maximum atomic E-state index is 5.52. The van der Waals surface area contributed by atoms with Crippen molar-refractivity contribution in [2.45, 2.75) is 6.42 Å². The number of methoxy groups -OCH3 is 3. The summed E-state index contributed by atoms with van der Waals surface area (Å²) >= 11 is 0. The van der Waals surface area contributed by atoms with Gasteiger partial charge < -0.3 is 19.1 Å². The highest BCUT2D eigenvalue weighted by Gasteiger charge is 2.12. The Bertz CT molecular complexity index is 1290. The Labute approximate surface area is 200 Å². The fraction of sp³-hybridized carbons (Fsp3) is 0.214. The van der Waals surface area contributed by atoms with Crippen LogP contribution in [-0.4, -0.2) is 44.9 Å². The summed E-state index contributed by atoms with van der Waals surface area (Å²) in [5.74, 6) is 3.71. The monoisotopic (exact) mass is 455 g/mol. The van der Waals surface area contributed by atoms with Crippen LogP contribution >= 0.6 is 0 Å². The van der Waals surface area contributed by atoms with Crippen LogP contribution in [0.1, 0.15) is 17.0 Å². The lowest BCUT2D eigenvalue weighted by Crippen LogP contribution is -2.22. The molecule has 1 heterocycles. The molecule has 0 saturated heterocycles. The molecule has 6 heteroatoms. The van der Waals surface area contributed by atoms with E-state index in [0.717, 1.165) is 52.5 Å². The van der Waals surface area contributed by atoms with Crippen molar-refractivity contribution in [3.63, 3.8) is 0 Å². The Hall–Kier alpha value is -4.06. The number of hydrogen-bond donors (Lipinski definition) is 0. The molecule has 0 bridgehead atoms. The highest BCUT2D eigenvalue weighted by molar-refractivity contribution is 5.91. The van der Waals surface area contributed by atoms with E-state index in [1.807, 2.05) is 54.6 Å². The largest absolute Gasteiger partial charge is 0.497 e. The van der Waals surface area contributed by atoms with Gasteiger partial charge in [0.1, 0.15) is 23.1 Å². The smallest absolute Gasteiger partial charge is 0.154 e. The van der Waals surface area contributed by atoms with E-state index in [0.29, 0.717) is 5.82 Å². The van der Waals surface area contributed by atoms with Crippen molar-refractivity contribution in [2.24, 2.45) is 0 Å². The lowest BCUT2D eigenvalue weighted by Gasteiger charge is -2.20. The first-order valence-corrected chi connectivity index (χ1v) is 11.1. The molecule has 6 nitrogen and oxygen atoms in total. The number of likely N-dealkylation sites (N-methyl/N-ethyl adjacent to an activating group) is 1. The summed E-state index contributed by atoms with van der Waals surface area (Å²) in [5.41, 5.74) is 3.04. The van der Waals surface area contributed by atoms with E-state index >= 15 is 0 Å². The molecule has 0 N–H and O–H groups in total. The summed E-state index contributed by atoms with van der Waals surface area (Å²) in [6, 6.07) is 22.1. The SMILES string of the molecule is COc1ccc(/C=C/c2nc(N(C)CCc3ccccc3)c3ccc(OC)cc3n2)c(OC)c1. The van der Waals surface area contributed by atoms with Gasteiger partial charge in [-0.3, -0.25) is 0 Å². The zero-order valence-corrected chi connectivity index (χ0v) is 20.0. The van der Waals surface area contributed by atoms with Gasteiger partial charge in [0.25, 0.3) is 0 Å². The van der Waals surface area contributed by atoms with Crippen LogP contribution in [0.2, 0.25) is 0 Å². The van der Waals surface area contributed by atoms with Gasteiger partial charge in [-0.1, -0.05) is 30.3 Å². The van der Waals surface area contributed by atoms with Crippen LogP contribution in [0.25, 0.3) is 23.1 Å². The van der Waals surface area contributed by atoms with Crippen molar-refractivity contribution in [1.82, 2.24) is 9.97 Å². The van der Waals surface area contributed by atoms with Gasteiger partial charge >= 0.3 is 0 Å². The number of fused-ring (bicyclic) bond motifs is 1. The Morgan fingerprint density at radius 3 is 2.26 bits per heavy atom. The molecule has 4 rings (SSSR count). The van der Waals surface area contributed by atoms with Crippen LogP contribution in [0.3, 0.4) is 0 Å². The average molecular weight is 456 g/mol. The van der Waals surface area contributed by atoms with Crippen molar-refractivity contribution in [2.75, 3.05) is 39.8 Å². The average Bonchev–Trinajstić information content (AvgIpc) is 2.90. The third-order valence-corrected chi connectivity index (χ3v) is 5.69. The molecule has 34 heavy (non-hydrogen) atoms. The number of aromatic nitrogens is 2. The van der Waals surface area contributed by atoms with Gasteiger partial charge in [-0.25, -0.2) is 9.97 Å². The molecule has 0 amide bonds. The molecule has 4 aromatic rings. The van der Waals surface area contributed by atoms with Gasteiger partial charge in [0.15, 0.2) is 5.82 Å². The van der Waals surface area contributed by atoms with E-state index < -0.39 is 0 Å².